The third kappa shape index (κ3) is 1.91. The molecule has 2 rings (SSSR count). The number of hydrogen-bond donors (Lipinski definition) is 1. The summed E-state index contributed by atoms with van der Waals surface area (Å²) in [5.41, 5.74) is 3.32. The molecule has 0 aromatic heterocycles. The van der Waals surface area contributed by atoms with E-state index < -0.39 is 0 Å². The van der Waals surface area contributed by atoms with E-state index in [1.165, 1.54) is 0 Å². The molecule has 1 nitrogen and oxygen atoms in total. The van der Waals surface area contributed by atoms with E-state index in [2.05, 4.69) is 6.58 Å². The molecule has 0 unspecified atom stereocenters. The van der Waals surface area contributed by atoms with Crippen molar-refractivity contribution in [2.24, 2.45) is 0 Å². The van der Waals surface area contributed by atoms with Crippen LogP contribution in [0.15, 0.2) is 55.1 Å². The van der Waals surface area contributed by atoms with Gasteiger partial charge in [0, 0.05) is 0 Å². The van der Waals surface area contributed by atoms with Crippen LogP contribution in [0.2, 0.25) is 0 Å². The molecule has 0 atom stereocenters. The maximum Gasteiger partial charge on any atom is 0.115 e. The summed E-state index contributed by atoms with van der Waals surface area (Å²) in [5.74, 6) is 0.287. The Morgan fingerprint density at radius 3 is 2.27 bits per heavy atom. The Balaban J connectivity index is 2.53. The summed E-state index contributed by atoms with van der Waals surface area (Å²) >= 11 is 0. The van der Waals surface area contributed by atoms with Crippen LogP contribution in [0.4, 0.5) is 0 Å². The van der Waals surface area contributed by atoms with Crippen molar-refractivity contribution in [1.29, 1.82) is 0 Å². The Hall–Kier alpha value is -2.02. The number of hydrogen-bond acceptors (Lipinski definition) is 1. The smallest absolute Gasteiger partial charge is 0.115 e. The highest BCUT2D eigenvalue weighted by atomic mass is 16.3. The van der Waals surface area contributed by atoms with Gasteiger partial charge in [-0.1, -0.05) is 49.1 Å². The first-order chi connectivity index (χ1) is 7.31. The van der Waals surface area contributed by atoms with Gasteiger partial charge in [0.1, 0.15) is 5.75 Å². The predicted octanol–water partition coefficient (Wildman–Crippen LogP) is 3.70. The molecular formula is C14H12O. The zero-order valence-electron chi connectivity index (χ0n) is 8.35. The van der Waals surface area contributed by atoms with Crippen molar-refractivity contribution in [3.8, 4) is 16.9 Å². The van der Waals surface area contributed by atoms with Gasteiger partial charge in [0.25, 0.3) is 0 Å². The molecule has 15 heavy (non-hydrogen) atoms. The average molecular weight is 196 g/mol. The molecule has 0 heterocycles. The van der Waals surface area contributed by atoms with Crippen LogP contribution >= 0.6 is 0 Å². The van der Waals surface area contributed by atoms with Gasteiger partial charge in [-0.25, -0.2) is 0 Å². The van der Waals surface area contributed by atoms with Gasteiger partial charge in [-0.3, -0.25) is 0 Å². The topological polar surface area (TPSA) is 20.2 Å². The van der Waals surface area contributed by atoms with E-state index in [0.29, 0.717) is 0 Å². The van der Waals surface area contributed by atoms with Crippen LogP contribution in [-0.4, -0.2) is 5.11 Å². The summed E-state index contributed by atoms with van der Waals surface area (Å²) in [7, 11) is 0. The monoisotopic (exact) mass is 196 g/mol. The summed E-state index contributed by atoms with van der Waals surface area (Å²) in [5, 5.41) is 9.21. The van der Waals surface area contributed by atoms with E-state index >= 15 is 0 Å². The number of phenolic OH excluding ortho intramolecular Hbond substituents is 1. The van der Waals surface area contributed by atoms with Crippen molar-refractivity contribution in [1.82, 2.24) is 0 Å². The molecule has 0 spiro atoms. The molecule has 0 saturated carbocycles. The van der Waals surface area contributed by atoms with E-state index in [1.807, 2.05) is 42.5 Å². The van der Waals surface area contributed by atoms with E-state index in [4.69, 9.17) is 0 Å². The van der Waals surface area contributed by atoms with Crippen LogP contribution in [-0.2, 0) is 0 Å². The van der Waals surface area contributed by atoms with Crippen LogP contribution in [0.25, 0.3) is 17.2 Å². The molecular weight excluding hydrogens is 184 g/mol. The predicted molar refractivity (Wildman–Crippen MR) is 63.6 cm³/mol. The lowest BCUT2D eigenvalue weighted by Gasteiger charge is -2.05. The van der Waals surface area contributed by atoms with Gasteiger partial charge >= 0.3 is 0 Å². The number of phenols is 1. The molecule has 1 heteroatoms. The first-order valence-electron chi connectivity index (χ1n) is 4.82. The highest BCUT2D eigenvalue weighted by molar-refractivity contribution is 5.74. The quantitative estimate of drug-likeness (QED) is 0.776. The van der Waals surface area contributed by atoms with E-state index in [9.17, 15) is 5.11 Å². The molecule has 0 radical (unpaired) electrons. The Morgan fingerprint density at radius 2 is 1.60 bits per heavy atom. The van der Waals surface area contributed by atoms with Crippen LogP contribution in [0, 0.1) is 0 Å². The lowest BCUT2D eigenvalue weighted by Crippen LogP contribution is -1.81. The fraction of sp³-hybridized carbons (Fsp3) is 0. The number of benzene rings is 2. The first kappa shape index (κ1) is 9.53. The van der Waals surface area contributed by atoms with Gasteiger partial charge in [0.15, 0.2) is 0 Å². The molecule has 0 fully saturated rings. The standard InChI is InChI=1S/C14H12O/c1-2-11-5-3-4-6-14(11)12-7-9-13(15)10-8-12/h2-10,15H,1H2. The van der Waals surface area contributed by atoms with Crippen LogP contribution in [0.3, 0.4) is 0 Å². The van der Waals surface area contributed by atoms with Gasteiger partial charge in [-0.05, 0) is 28.8 Å². The van der Waals surface area contributed by atoms with Gasteiger partial charge in [-0.2, -0.15) is 0 Å². The summed E-state index contributed by atoms with van der Waals surface area (Å²) in [6.07, 6.45) is 1.84. The molecule has 0 amide bonds. The number of rotatable bonds is 2. The Kier molecular flexibility index (Phi) is 2.55. The Bertz CT molecular complexity index is 469. The molecule has 0 aliphatic heterocycles. The van der Waals surface area contributed by atoms with Crippen LogP contribution in [0.5, 0.6) is 5.75 Å². The summed E-state index contributed by atoms with van der Waals surface area (Å²) in [6, 6.07) is 15.2. The summed E-state index contributed by atoms with van der Waals surface area (Å²) < 4.78 is 0. The molecule has 2 aromatic carbocycles. The Morgan fingerprint density at radius 1 is 0.933 bits per heavy atom. The minimum Gasteiger partial charge on any atom is -0.508 e. The van der Waals surface area contributed by atoms with E-state index in [-0.39, 0.29) is 5.75 Å². The Labute approximate surface area is 89.3 Å². The largest absolute Gasteiger partial charge is 0.508 e. The normalized spacial score (nSPS) is 9.87. The SMILES string of the molecule is C=Cc1ccccc1-c1ccc(O)cc1. The van der Waals surface area contributed by atoms with Crippen molar-refractivity contribution < 1.29 is 5.11 Å². The maximum absolute atomic E-state index is 9.21. The molecule has 74 valence electrons. The van der Waals surface area contributed by atoms with Crippen molar-refractivity contribution in [2.75, 3.05) is 0 Å². The highest BCUT2D eigenvalue weighted by Gasteiger charge is 2.00. The maximum atomic E-state index is 9.21. The molecule has 0 aliphatic rings. The van der Waals surface area contributed by atoms with E-state index in [1.54, 1.807) is 12.1 Å². The second-order valence-electron chi connectivity index (χ2n) is 3.34. The lowest BCUT2D eigenvalue weighted by atomic mass is 10.00. The summed E-state index contributed by atoms with van der Waals surface area (Å²) in [6.45, 7) is 3.79. The van der Waals surface area contributed by atoms with Crippen molar-refractivity contribution in [3.05, 3.63) is 60.7 Å². The zero-order chi connectivity index (χ0) is 10.7. The van der Waals surface area contributed by atoms with Crippen molar-refractivity contribution in [2.45, 2.75) is 0 Å². The van der Waals surface area contributed by atoms with E-state index in [0.717, 1.165) is 16.7 Å². The first-order valence-corrected chi connectivity index (χ1v) is 4.82. The van der Waals surface area contributed by atoms with Crippen molar-refractivity contribution >= 4 is 6.08 Å². The average Bonchev–Trinajstić information content (AvgIpc) is 2.30. The lowest BCUT2D eigenvalue weighted by molar-refractivity contribution is 0.475. The number of aromatic hydroxyl groups is 1. The van der Waals surface area contributed by atoms with Gasteiger partial charge < -0.3 is 5.11 Å². The summed E-state index contributed by atoms with van der Waals surface area (Å²) in [4.78, 5) is 0. The van der Waals surface area contributed by atoms with Crippen molar-refractivity contribution in [3.63, 3.8) is 0 Å². The molecule has 0 aliphatic carbocycles. The molecule has 1 N–H and O–H groups in total. The molecule has 2 aromatic rings. The van der Waals surface area contributed by atoms with Gasteiger partial charge in [0.2, 0.25) is 0 Å². The fourth-order valence-corrected chi connectivity index (χ4v) is 1.58. The van der Waals surface area contributed by atoms with Gasteiger partial charge in [0.05, 0.1) is 0 Å². The second-order valence-corrected chi connectivity index (χ2v) is 3.34. The van der Waals surface area contributed by atoms with Gasteiger partial charge in [-0.15, -0.1) is 0 Å². The minimum absolute atomic E-state index is 0.287. The van der Waals surface area contributed by atoms with Crippen LogP contribution < -0.4 is 0 Å². The van der Waals surface area contributed by atoms with Crippen LogP contribution in [0.1, 0.15) is 5.56 Å². The molecule has 0 saturated heterocycles. The molecule has 0 bridgehead atoms. The minimum atomic E-state index is 0.287. The third-order valence-electron chi connectivity index (χ3n) is 2.36. The fourth-order valence-electron chi connectivity index (χ4n) is 1.58. The third-order valence-corrected chi connectivity index (χ3v) is 2.36. The zero-order valence-corrected chi connectivity index (χ0v) is 8.35. The highest BCUT2D eigenvalue weighted by Crippen LogP contribution is 2.25. The second kappa shape index (κ2) is 4.01.